The highest BCUT2D eigenvalue weighted by Crippen LogP contribution is 2.17. The van der Waals surface area contributed by atoms with Crippen LogP contribution in [0.5, 0.6) is 0 Å². The van der Waals surface area contributed by atoms with Crippen LogP contribution in [0.1, 0.15) is 38.6 Å². The third-order valence-corrected chi connectivity index (χ3v) is 3.94. The molecule has 1 aromatic rings. The summed E-state index contributed by atoms with van der Waals surface area (Å²) in [7, 11) is 1.37. The maximum absolute atomic E-state index is 11.7. The highest BCUT2D eigenvalue weighted by Gasteiger charge is 2.13. The Morgan fingerprint density at radius 1 is 1.29 bits per heavy atom. The van der Waals surface area contributed by atoms with Crippen molar-refractivity contribution >= 4 is 28.5 Å². The van der Waals surface area contributed by atoms with Crippen molar-refractivity contribution in [1.29, 1.82) is 0 Å². The van der Waals surface area contributed by atoms with Crippen molar-refractivity contribution in [1.82, 2.24) is 15.5 Å². The van der Waals surface area contributed by atoms with Gasteiger partial charge in [0.1, 0.15) is 5.01 Å². The van der Waals surface area contributed by atoms with E-state index in [0.29, 0.717) is 30.3 Å². The zero-order valence-electron chi connectivity index (χ0n) is 12.8. The van der Waals surface area contributed by atoms with E-state index in [4.69, 9.17) is 0 Å². The van der Waals surface area contributed by atoms with Crippen molar-refractivity contribution in [3.63, 3.8) is 0 Å². The summed E-state index contributed by atoms with van der Waals surface area (Å²) in [5.74, 6) is 0.124. The third kappa shape index (κ3) is 6.52. The van der Waals surface area contributed by atoms with Gasteiger partial charge < -0.3 is 10.1 Å². The largest absolute Gasteiger partial charge is 0.469 e. The lowest BCUT2D eigenvalue weighted by Crippen LogP contribution is -2.38. The number of esters is 1. The minimum atomic E-state index is -0.284. The smallest absolute Gasteiger partial charge is 0.321 e. The zero-order chi connectivity index (χ0) is 15.8. The van der Waals surface area contributed by atoms with Crippen LogP contribution in [-0.2, 0) is 16.0 Å². The molecule has 0 aliphatic heterocycles. The number of hydrogen-bond acceptors (Lipinski definition) is 6. The fourth-order valence-corrected chi connectivity index (χ4v) is 2.17. The molecule has 0 aromatic carbocycles. The molecule has 118 valence electrons. The van der Waals surface area contributed by atoms with Gasteiger partial charge in [0.15, 0.2) is 0 Å². The number of carbonyl (C=O) groups is 2. The molecule has 0 saturated carbocycles. The Kier molecular flexibility index (Phi) is 7.07. The van der Waals surface area contributed by atoms with Crippen LogP contribution in [0.15, 0.2) is 0 Å². The van der Waals surface area contributed by atoms with Gasteiger partial charge in [0.25, 0.3) is 0 Å². The van der Waals surface area contributed by atoms with Crippen LogP contribution in [0.4, 0.5) is 9.93 Å². The SMILES string of the molecule is COC(=O)CCCc1nnc(NC(=O)NC(C)C(C)C)s1. The number of aromatic nitrogens is 2. The summed E-state index contributed by atoms with van der Waals surface area (Å²) in [6.07, 6.45) is 1.64. The van der Waals surface area contributed by atoms with Crippen LogP contribution in [0.25, 0.3) is 0 Å². The Hall–Kier alpha value is -1.70. The molecule has 1 atom stereocenters. The van der Waals surface area contributed by atoms with E-state index in [1.807, 2.05) is 20.8 Å². The lowest BCUT2D eigenvalue weighted by atomic mass is 10.1. The van der Waals surface area contributed by atoms with Crippen molar-refractivity contribution in [3.8, 4) is 0 Å². The number of urea groups is 1. The minimum Gasteiger partial charge on any atom is -0.469 e. The van der Waals surface area contributed by atoms with Crippen molar-refractivity contribution < 1.29 is 14.3 Å². The Morgan fingerprint density at radius 2 is 2.00 bits per heavy atom. The highest BCUT2D eigenvalue weighted by atomic mass is 32.1. The Morgan fingerprint density at radius 3 is 2.62 bits per heavy atom. The summed E-state index contributed by atoms with van der Waals surface area (Å²) in [6, 6.07) is -0.203. The fourth-order valence-electron chi connectivity index (χ4n) is 1.40. The molecule has 0 aliphatic carbocycles. The molecule has 1 rings (SSSR count). The quantitative estimate of drug-likeness (QED) is 0.753. The van der Waals surface area contributed by atoms with Gasteiger partial charge in [0, 0.05) is 18.9 Å². The van der Waals surface area contributed by atoms with Crippen molar-refractivity contribution in [2.24, 2.45) is 5.92 Å². The Labute approximate surface area is 128 Å². The van der Waals surface area contributed by atoms with Crippen LogP contribution in [0.3, 0.4) is 0 Å². The van der Waals surface area contributed by atoms with E-state index in [-0.39, 0.29) is 18.0 Å². The van der Waals surface area contributed by atoms with Gasteiger partial charge in [0.2, 0.25) is 5.13 Å². The van der Waals surface area contributed by atoms with E-state index in [1.54, 1.807) is 0 Å². The molecule has 0 bridgehead atoms. The molecule has 1 heterocycles. The molecule has 0 spiro atoms. The summed E-state index contributed by atoms with van der Waals surface area (Å²) in [4.78, 5) is 22.7. The number of rotatable bonds is 7. The monoisotopic (exact) mass is 314 g/mol. The first kappa shape index (κ1) is 17.4. The summed E-state index contributed by atoms with van der Waals surface area (Å²) in [6.45, 7) is 6.02. The molecular formula is C13H22N4O3S. The molecule has 21 heavy (non-hydrogen) atoms. The van der Waals surface area contributed by atoms with E-state index in [9.17, 15) is 9.59 Å². The zero-order valence-corrected chi connectivity index (χ0v) is 13.6. The van der Waals surface area contributed by atoms with Gasteiger partial charge in [-0.1, -0.05) is 25.2 Å². The maximum atomic E-state index is 11.7. The number of carbonyl (C=O) groups excluding carboxylic acids is 2. The number of nitrogens with zero attached hydrogens (tertiary/aromatic N) is 2. The summed E-state index contributed by atoms with van der Waals surface area (Å²) in [5.41, 5.74) is 0. The molecular weight excluding hydrogens is 292 g/mol. The van der Waals surface area contributed by atoms with Gasteiger partial charge in [-0.25, -0.2) is 4.79 Å². The number of aryl methyl sites for hydroxylation is 1. The maximum Gasteiger partial charge on any atom is 0.321 e. The lowest BCUT2D eigenvalue weighted by Gasteiger charge is -2.16. The topological polar surface area (TPSA) is 93.2 Å². The van der Waals surface area contributed by atoms with E-state index in [2.05, 4.69) is 25.6 Å². The number of methoxy groups -OCH3 is 1. The Balaban J connectivity index is 2.37. The molecule has 1 aromatic heterocycles. The first-order valence-corrected chi connectivity index (χ1v) is 7.70. The molecule has 2 amide bonds. The summed E-state index contributed by atoms with van der Waals surface area (Å²) in [5, 5.41) is 14.6. The predicted octanol–water partition coefficient (Wildman–Crippen LogP) is 2.20. The van der Waals surface area contributed by atoms with Crippen LogP contribution in [-0.4, -0.2) is 35.3 Å². The van der Waals surface area contributed by atoms with Gasteiger partial charge >= 0.3 is 12.0 Å². The molecule has 0 radical (unpaired) electrons. The number of ether oxygens (including phenoxy) is 1. The van der Waals surface area contributed by atoms with E-state index >= 15 is 0 Å². The van der Waals surface area contributed by atoms with Crippen LogP contribution < -0.4 is 10.6 Å². The standard InChI is InChI=1S/C13H22N4O3S/c1-8(2)9(3)14-12(19)15-13-17-16-10(21-13)6-5-7-11(18)20-4/h8-9H,5-7H2,1-4H3,(H2,14,15,17,19). The molecule has 7 nitrogen and oxygen atoms in total. The van der Waals surface area contributed by atoms with E-state index in [0.717, 1.165) is 5.01 Å². The highest BCUT2D eigenvalue weighted by molar-refractivity contribution is 7.15. The van der Waals surface area contributed by atoms with Gasteiger partial charge in [0.05, 0.1) is 7.11 Å². The minimum absolute atomic E-state index is 0.0810. The van der Waals surface area contributed by atoms with Gasteiger partial charge in [-0.15, -0.1) is 10.2 Å². The first-order chi connectivity index (χ1) is 9.92. The second-order valence-corrected chi connectivity index (χ2v) is 6.12. The normalized spacial score (nSPS) is 12.0. The average molecular weight is 314 g/mol. The molecule has 0 fully saturated rings. The fraction of sp³-hybridized carbons (Fsp3) is 0.692. The molecule has 1 unspecified atom stereocenters. The number of anilines is 1. The number of amides is 2. The summed E-state index contributed by atoms with van der Waals surface area (Å²) < 4.78 is 4.57. The van der Waals surface area contributed by atoms with Crippen LogP contribution in [0.2, 0.25) is 0 Å². The molecule has 2 N–H and O–H groups in total. The predicted molar refractivity (Wildman–Crippen MR) is 81.3 cm³/mol. The lowest BCUT2D eigenvalue weighted by molar-refractivity contribution is -0.140. The molecule has 8 heteroatoms. The number of nitrogens with one attached hydrogen (secondary N) is 2. The molecule has 0 aliphatic rings. The van der Waals surface area contributed by atoms with Crippen molar-refractivity contribution in [2.75, 3.05) is 12.4 Å². The van der Waals surface area contributed by atoms with Crippen molar-refractivity contribution in [3.05, 3.63) is 5.01 Å². The van der Waals surface area contributed by atoms with Crippen LogP contribution >= 0.6 is 11.3 Å². The second-order valence-electron chi connectivity index (χ2n) is 5.06. The van der Waals surface area contributed by atoms with Crippen LogP contribution in [0, 0.1) is 5.92 Å². The van der Waals surface area contributed by atoms with Crippen molar-refractivity contribution in [2.45, 2.75) is 46.1 Å². The van der Waals surface area contributed by atoms with Gasteiger partial charge in [-0.3, -0.25) is 10.1 Å². The molecule has 0 saturated heterocycles. The average Bonchev–Trinajstić information content (AvgIpc) is 2.85. The van der Waals surface area contributed by atoms with E-state index < -0.39 is 0 Å². The first-order valence-electron chi connectivity index (χ1n) is 6.89. The second kappa shape index (κ2) is 8.56. The van der Waals surface area contributed by atoms with E-state index in [1.165, 1.54) is 18.4 Å². The number of hydrogen-bond donors (Lipinski definition) is 2. The van der Waals surface area contributed by atoms with Gasteiger partial charge in [-0.2, -0.15) is 0 Å². The van der Waals surface area contributed by atoms with Gasteiger partial charge in [-0.05, 0) is 19.3 Å². The summed E-state index contributed by atoms with van der Waals surface area (Å²) >= 11 is 1.31. The third-order valence-electron chi connectivity index (χ3n) is 3.05. The Bertz CT molecular complexity index is 476.